The summed E-state index contributed by atoms with van der Waals surface area (Å²) in [5, 5.41) is 3.40. The number of nitrogens with one attached hydrogen (secondary N) is 1. The van der Waals surface area contributed by atoms with Gasteiger partial charge in [0, 0.05) is 37.3 Å². The summed E-state index contributed by atoms with van der Waals surface area (Å²) in [6, 6.07) is 4.53. The molecule has 1 N–H and O–H groups in total. The van der Waals surface area contributed by atoms with E-state index < -0.39 is 14.6 Å². The van der Waals surface area contributed by atoms with E-state index in [4.69, 9.17) is 11.6 Å². The standard InChI is InChI=1S/C15H21ClFN3O2S.HI/c1-15(2)10-20(7-8-23(15,21)22)14(18-3)19-9-11-12(16)5-4-6-13(11)17;/h4-6H,7-10H2,1-3H3,(H,18,19);1H. The molecule has 1 saturated heterocycles. The number of rotatable bonds is 2. The van der Waals surface area contributed by atoms with Gasteiger partial charge in [0.15, 0.2) is 15.8 Å². The van der Waals surface area contributed by atoms with E-state index in [9.17, 15) is 12.8 Å². The van der Waals surface area contributed by atoms with Crippen LogP contribution in [-0.2, 0) is 16.4 Å². The molecule has 5 nitrogen and oxygen atoms in total. The zero-order valence-electron chi connectivity index (χ0n) is 13.8. The van der Waals surface area contributed by atoms with Gasteiger partial charge >= 0.3 is 0 Å². The number of guanidine groups is 1. The van der Waals surface area contributed by atoms with Gasteiger partial charge in [-0.25, -0.2) is 12.8 Å². The van der Waals surface area contributed by atoms with Crippen LogP contribution in [0.5, 0.6) is 0 Å². The lowest BCUT2D eigenvalue weighted by atomic mass is 10.2. The number of nitrogens with zero attached hydrogens (tertiary/aromatic N) is 2. The van der Waals surface area contributed by atoms with E-state index in [1.54, 1.807) is 33.0 Å². The van der Waals surface area contributed by atoms with Crippen LogP contribution < -0.4 is 5.32 Å². The minimum absolute atomic E-state index is 0. The molecule has 0 bridgehead atoms. The van der Waals surface area contributed by atoms with Gasteiger partial charge in [-0.3, -0.25) is 4.99 Å². The summed E-state index contributed by atoms with van der Waals surface area (Å²) in [5.41, 5.74) is 0.360. The van der Waals surface area contributed by atoms with Crippen molar-refractivity contribution < 1.29 is 12.8 Å². The third-order valence-corrected chi connectivity index (χ3v) is 6.93. The van der Waals surface area contributed by atoms with Crippen LogP contribution in [0.2, 0.25) is 5.02 Å². The van der Waals surface area contributed by atoms with Crippen LogP contribution in [0.15, 0.2) is 23.2 Å². The highest BCUT2D eigenvalue weighted by molar-refractivity contribution is 14.0. The average molecular weight is 490 g/mol. The fraction of sp³-hybridized carbons (Fsp3) is 0.533. The molecule has 0 spiro atoms. The Morgan fingerprint density at radius 1 is 1.46 bits per heavy atom. The van der Waals surface area contributed by atoms with Crippen LogP contribution in [-0.4, -0.2) is 49.9 Å². The summed E-state index contributed by atoms with van der Waals surface area (Å²) in [7, 11) is -1.51. The Kier molecular flexibility index (Phi) is 7.30. The molecule has 1 aliphatic rings. The minimum atomic E-state index is -3.12. The largest absolute Gasteiger partial charge is 0.352 e. The molecule has 1 heterocycles. The highest BCUT2D eigenvalue weighted by atomic mass is 127. The SMILES string of the molecule is CN=C(NCc1c(F)cccc1Cl)N1CCS(=O)(=O)C(C)(C)C1.I. The fourth-order valence-electron chi connectivity index (χ4n) is 2.53. The van der Waals surface area contributed by atoms with Crippen molar-refractivity contribution in [3.05, 3.63) is 34.6 Å². The zero-order chi connectivity index (χ0) is 17.3. The smallest absolute Gasteiger partial charge is 0.193 e. The molecular weight excluding hydrogens is 468 g/mol. The highest BCUT2D eigenvalue weighted by Crippen LogP contribution is 2.24. The molecule has 9 heteroatoms. The van der Waals surface area contributed by atoms with Gasteiger partial charge in [0.2, 0.25) is 0 Å². The lowest BCUT2D eigenvalue weighted by Gasteiger charge is -2.39. The molecule has 0 aliphatic carbocycles. The van der Waals surface area contributed by atoms with Gasteiger partial charge in [-0.05, 0) is 26.0 Å². The van der Waals surface area contributed by atoms with Crippen LogP contribution in [0.3, 0.4) is 0 Å². The summed E-state index contributed by atoms with van der Waals surface area (Å²) < 4.78 is 37.1. The van der Waals surface area contributed by atoms with Gasteiger partial charge < -0.3 is 10.2 Å². The van der Waals surface area contributed by atoms with E-state index >= 15 is 0 Å². The van der Waals surface area contributed by atoms with Crippen LogP contribution in [0, 0.1) is 5.82 Å². The Morgan fingerprint density at radius 3 is 2.67 bits per heavy atom. The van der Waals surface area contributed by atoms with Crippen molar-refractivity contribution >= 4 is 51.4 Å². The van der Waals surface area contributed by atoms with Crippen LogP contribution in [0.1, 0.15) is 19.4 Å². The maximum atomic E-state index is 13.8. The Hall–Kier alpha value is -0.610. The fourth-order valence-corrected chi connectivity index (χ4v) is 4.12. The zero-order valence-corrected chi connectivity index (χ0v) is 17.7. The average Bonchev–Trinajstić information content (AvgIpc) is 2.46. The molecule has 136 valence electrons. The first-order valence-electron chi connectivity index (χ1n) is 7.29. The van der Waals surface area contributed by atoms with E-state index in [1.807, 2.05) is 4.90 Å². The molecule has 24 heavy (non-hydrogen) atoms. The first-order valence-corrected chi connectivity index (χ1v) is 9.32. The van der Waals surface area contributed by atoms with Crippen molar-refractivity contribution in [2.24, 2.45) is 4.99 Å². The van der Waals surface area contributed by atoms with Crippen LogP contribution in [0.25, 0.3) is 0 Å². The van der Waals surface area contributed by atoms with Crippen LogP contribution in [0.4, 0.5) is 4.39 Å². The normalized spacial score (nSPS) is 19.5. The number of hydrogen-bond acceptors (Lipinski definition) is 3. The third kappa shape index (κ3) is 4.51. The molecule has 0 amide bonds. The molecule has 2 rings (SSSR count). The summed E-state index contributed by atoms with van der Waals surface area (Å²) in [6.45, 7) is 4.28. The van der Waals surface area contributed by atoms with Crippen molar-refractivity contribution in [2.75, 3.05) is 25.9 Å². The topological polar surface area (TPSA) is 61.8 Å². The monoisotopic (exact) mass is 489 g/mol. The lowest BCUT2D eigenvalue weighted by Crippen LogP contribution is -2.57. The number of halogens is 3. The summed E-state index contributed by atoms with van der Waals surface area (Å²) in [5.74, 6) is 0.218. The molecule has 1 fully saturated rings. The second-order valence-electron chi connectivity index (χ2n) is 6.10. The van der Waals surface area contributed by atoms with Crippen LogP contribution >= 0.6 is 35.6 Å². The third-order valence-electron chi connectivity index (χ3n) is 4.04. The van der Waals surface area contributed by atoms with E-state index in [-0.39, 0.29) is 42.1 Å². The van der Waals surface area contributed by atoms with Gasteiger partial charge in [-0.1, -0.05) is 17.7 Å². The van der Waals surface area contributed by atoms with Crippen molar-refractivity contribution in [2.45, 2.75) is 25.1 Å². The van der Waals surface area contributed by atoms with E-state index in [0.29, 0.717) is 29.6 Å². The molecular formula is C15H22ClFIN3O2S. The predicted octanol–water partition coefficient (Wildman–Crippen LogP) is 2.68. The quantitative estimate of drug-likeness (QED) is 0.394. The maximum Gasteiger partial charge on any atom is 0.193 e. The first kappa shape index (κ1) is 21.4. The van der Waals surface area contributed by atoms with Crippen molar-refractivity contribution in [3.8, 4) is 0 Å². The second-order valence-corrected chi connectivity index (χ2v) is 9.25. The molecule has 0 saturated carbocycles. The second kappa shape index (κ2) is 8.18. The van der Waals surface area contributed by atoms with Gasteiger partial charge in [-0.2, -0.15) is 0 Å². The van der Waals surface area contributed by atoms with E-state index in [1.165, 1.54) is 6.07 Å². The van der Waals surface area contributed by atoms with E-state index in [2.05, 4.69) is 10.3 Å². The molecule has 1 aromatic rings. The Labute approximate surface area is 164 Å². The number of aliphatic imine (C=N–C) groups is 1. The van der Waals surface area contributed by atoms with Crippen molar-refractivity contribution in [1.29, 1.82) is 0 Å². The van der Waals surface area contributed by atoms with Gasteiger partial charge in [0.1, 0.15) is 5.82 Å². The first-order chi connectivity index (χ1) is 10.7. The molecule has 0 aromatic heterocycles. The minimum Gasteiger partial charge on any atom is -0.352 e. The highest BCUT2D eigenvalue weighted by Gasteiger charge is 2.40. The lowest BCUT2D eigenvalue weighted by molar-refractivity contribution is 0.353. The molecule has 0 radical (unpaired) electrons. The number of benzene rings is 1. The van der Waals surface area contributed by atoms with Gasteiger partial charge in [-0.15, -0.1) is 24.0 Å². The Bertz CT molecular complexity index is 705. The molecule has 0 unspecified atom stereocenters. The predicted molar refractivity (Wildman–Crippen MR) is 106 cm³/mol. The van der Waals surface area contributed by atoms with Gasteiger partial charge in [0.05, 0.1) is 10.5 Å². The van der Waals surface area contributed by atoms with Gasteiger partial charge in [0.25, 0.3) is 0 Å². The summed E-state index contributed by atoms with van der Waals surface area (Å²) in [6.07, 6.45) is 0. The number of hydrogen-bond donors (Lipinski definition) is 1. The molecule has 1 aromatic carbocycles. The Morgan fingerprint density at radius 2 is 2.12 bits per heavy atom. The maximum absolute atomic E-state index is 13.8. The molecule has 1 aliphatic heterocycles. The van der Waals surface area contributed by atoms with E-state index in [0.717, 1.165) is 0 Å². The summed E-state index contributed by atoms with van der Waals surface area (Å²) in [4.78, 5) is 6.04. The Balaban J connectivity index is 0.00000288. The van der Waals surface area contributed by atoms with Crippen molar-refractivity contribution in [1.82, 2.24) is 10.2 Å². The van der Waals surface area contributed by atoms with Crippen molar-refractivity contribution in [3.63, 3.8) is 0 Å². The number of sulfone groups is 1. The summed E-state index contributed by atoms with van der Waals surface area (Å²) >= 11 is 6.01. The molecule has 0 atom stereocenters.